The van der Waals surface area contributed by atoms with Gasteiger partial charge in [0.15, 0.2) is 0 Å². The van der Waals surface area contributed by atoms with Crippen LogP contribution in [0.3, 0.4) is 0 Å². The normalized spacial score (nSPS) is 36.8. The lowest BCUT2D eigenvalue weighted by molar-refractivity contribution is -0.141. The Morgan fingerprint density at radius 3 is 2.39 bits per heavy atom. The van der Waals surface area contributed by atoms with Gasteiger partial charge in [-0.1, -0.05) is 12.2 Å². The van der Waals surface area contributed by atoms with Gasteiger partial charge in [-0.25, -0.2) is 0 Å². The van der Waals surface area contributed by atoms with Crippen LogP contribution in [0.25, 0.3) is 0 Å². The highest BCUT2D eigenvalue weighted by atomic mass is 16.3. The summed E-state index contributed by atoms with van der Waals surface area (Å²) in [6, 6.07) is 3.56. The summed E-state index contributed by atoms with van der Waals surface area (Å²) in [5.41, 5.74) is 0. The third-order valence-electron chi connectivity index (χ3n) is 4.46. The van der Waals surface area contributed by atoms with E-state index in [0.29, 0.717) is 5.76 Å². The lowest BCUT2D eigenvalue weighted by Crippen LogP contribution is -2.32. The Hall–Kier alpha value is -1.84. The van der Waals surface area contributed by atoms with Gasteiger partial charge in [-0.15, -0.1) is 0 Å². The largest absolute Gasteiger partial charge is 0.467 e. The first-order valence-corrected chi connectivity index (χ1v) is 6.31. The van der Waals surface area contributed by atoms with Crippen molar-refractivity contribution in [2.75, 3.05) is 0 Å². The summed E-state index contributed by atoms with van der Waals surface area (Å²) in [5.74, 6) is 0.967. The molecule has 1 saturated heterocycles. The van der Waals surface area contributed by atoms with E-state index in [1.165, 1.54) is 4.90 Å². The minimum Gasteiger partial charge on any atom is -0.467 e. The van der Waals surface area contributed by atoms with Gasteiger partial charge in [0.2, 0.25) is 11.8 Å². The van der Waals surface area contributed by atoms with Crippen molar-refractivity contribution >= 4 is 11.8 Å². The summed E-state index contributed by atoms with van der Waals surface area (Å²) < 4.78 is 5.22. The molecule has 1 aliphatic heterocycles. The maximum Gasteiger partial charge on any atom is 0.234 e. The maximum atomic E-state index is 12.3. The first-order chi connectivity index (χ1) is 8.75. The molecule has 4 rings (SSSR count). The molecule has 0 aromatic carbocycles. The molecule has 0 N–H and O–H groups in total. The number of carbonyl (C=O) groups excluding carboxylic acids is 2. The number of hydrogen-bond acceptors (Lipinski definition) is 3. The molecule has 2 amide bonds. The van der Waals surface area contributed by atoms with Crippen molar-refractivity contribution in [3.63, 3.8) is 0 Å². The average Bonchev–Trinajstić information content (AvgIpc) is 3.10. The van der Waals surface area contributed by atoms with Gasteiger partial charge >= 0.3 is 0 Å². The fourth-order valence-electron chi connectivity index (χ4n) is 3.68. The van der Waals surface area contributed by atoms with Crippen LogP contribution < -0.4 is 0 Å². The van der Waals surface area contributed by atoms with Crippen molar-refractivity contribution in [3.8, 4) is 0 Å². The molecule has 0 spiro atoms. The van der Waals surface area contributed by atoms with Crippen LogP contribution in [-0.4, -0.2) is 16.7 Å². The summed E-state index contributed by atoms with van der Waals surface area (Å²) in [6.45, 7) is 0.275. The number of fused-ring (bicyclic) bond motifs is 5. The average molecular weight is 243 g/mol. The fraction of sp³-hybridized carbons (Fsp3) is 0.429. The Labute approximate surface area is 104 Å². The van der Waals surface area contributed by atoms with Gasteiger partial charge < -0.3 is 4.42 Å². The Morgan fingerprint density at radius 1 is 1.17 bits per heavy atom. The summed E-state index contributed by atoms with van der Waals surface area (Å²) in [7, 11) is 0. The molecular weight excluding hydrogens is 230 g/mol. The van der Waals surface area contributed by atoms with Crippen LogP contribution in [0.2, 0.25) is 0 Å². The molecule has 2 aliphatic carbocycles. The minimum absolute atomic E-state index is 0.0155. The highest BCUT2D eigenvalue weighted by Crippen LogP contribution is 2.52. The molecule has 0 unspecified atom stereocenters. The second-order valence-corrected chi connectivity index (χ2v) is 5.34. The lowest BCUT2D eigenvalue weighted by atomic mass is 9.85. The van der Waals surface area contributed by atoms with E-state index in [1.807, 2.05) is 0 Å². The zero-order chi connectivity index (χ0) is 12.3. The van der Waals surface area contributed by atoms with Crippen molar-refractivity contribution in [1.82, 2.24) is 4.90 Å². The number of rotatable bonds is 2. The van der Waals surface area contributed by atoms with Gasteiger partial charge in [0.25, 0.3) is 0 Å². The summed E-state index contributed by atoms with van der Waals surface area (Å²) in [6.07, 6.45) is 6.74. The van der Waals surface area contributed by atoms with Crippen LogP contribution >= 0.6 is 0 Å². The zero-order valence-electron chi connectivity index (χ0n) is 9.78. The minimum atomic E-state index is -0.109. The van der Waals surface area contributed by atoms with Crippen molar-refractivity contribution in [1.29, 1.82) is 0 Å². The predicted octanol–water partition coefficient (Wildman–Crippen LogP) is 1.59. The standard InChI is InChI=1S/C14H13NO3/c16-13-11-8-3-4-9(6-8)12(11)14(17)15(13)7-10-2-1-5-18-10/h1-5,8-9,11-12H,6-7H2/t8-,9-,11-,12-/m0/s1. The lowest BCUT2D eigenvalue weighted by Gasteiger charge is -2.15. The third-order valence-corrected chi connectivity index (χ3v) is 4.46. The molecule has 0 radical (unpaired) electrons. The molecular formula is C14H13NO3. The number of allylic oxidation sites excluding steroid dienone is 2. The van der Waals surface area contributed by atoms with Gasteiger partial charge in [0.05, 0.1) is 24.6 Å². The van der Waals surface area contributed by atoms with E-state index in [2.05, 4.69) is 12.2 Å². The number of imide groups is 1. The topological polar surface area (TPSA) is 50.5 Å². The van der Waals surface area contributed by atoms with Crippen LogP contribution in [0, 0.1) is 23.7 Å². The summed E-state index contributed by atoms with van der Waals surface area (Å²) in [4.78, 5) is 26.1. The first-order valence-electron chi connectivity index (χ1n) is 6.31. The van der Waals surface area contributed by atoms with Crippen LogP contribution in [0.15, 0.2) is 35.0 Å². The summed E-state index contributed by atoms with van der Waals surface area (Å²) in [5, 5.41) is 0. The Balaban J connectivity index is 1.64. The zero-order valence-corrected chi connectivity index (χ0v) is 9.78. The molecule has 4 atom stereocenters. The number of nitrogens with zero attached hydrogens (tertiary/aromatic N) is 1. The molecule has 1 saturated carbocycles. The SMILES string of the molecule is O=C1[C@@H]2[C@@H](C(=O)N1Cc1ccco1)[C@H]1C=C[C@H]2C1. The van der Waals surface area contributed by atoms with Gasteiger partial charge in [0.1, 0.15) is 5.76 Å². The van der Waals surface area contributed by atoms with Gasteiger partial charge in [-0.3, -0.25) is 14.5 Å². The van der Waals surface area contributed by atoms with E-state index in [1.54, 1.807) is 18.4 Å². The number of furan rings is 1. The van der Waals surface area contributed by atoms with E-state index >= 15 is 0 Å². The number of carbonyl (C=O) groups is 2. The quantitative estimate of drug-likeness (QED) is 0.585. The van der Waals surface area contributed by atoms with Crippen LogP contribution in [0.4, 0.5) is 0 Å². The van der Waals surface area contributed by atoms with Crippen LogP contribution in [-0.2, 0) is 16.1 Å². The van der Waals surface area contributed by atoms with Crippen molar-refractivity contribution in [2.45, 2.75) is 13.0 Å². The smallest absolute Gasteiger partial charge is 0.234 e. The van der Waals surface area contributed by atoms with Crippen molar-refractivity contribution in [2.24, 2.45) is 23.7 Å². The fourth-order valence-corrected chi connectivity index (χ4v) is 3.68. The molecule has 4 heteroatoms. The Bertz CT molecular complexity index is 515. The van der Waals surface area contributed by atoms with E-state index in [0.717, 1.165) is 6.42 Å². The molecule has 92 valence electrons. The third kappa shape index (κ3) is 1.15. The molecule has 1 aromatic rings. The number of hydrogen-bond donors (Lipinski definition) is 0. The number of likely N-dealkylation sites (tertiary alicyclic amines) is 1. The van der Waals surface area contributed by atoms with Gasteiger partial charge in [-0.2, -0.15) is 0 Å². The second-order valence-electron chi connectivity index (χ2n) is 5.34. The van der Waals surface area contributed by atoms with E-state index in [9.17, 15) is 9.59 Å². The van der Waals surface area contributed by atoms with Gasteiger partial charge in [0, 0.05) is 0 Å². The van der Waals surface area contributed by atoms with Crippen LogP contribution in [0.5, 0.6) is 0 Å². The predicted molar refractivity (Wildman–Crippen MR) is 62.0 cm³/mol. The molecule has 2 bridgehead atoms. The molecule has 2 heterocycles. The van der Waals surface area contributed by atoms with E-state index in [-0.39, 0.29) is 42.0 Å². The molecule has 18 heavy (non-hydrogen) atoms. The molecule has 4 nitrogen and oxygen atoms in total. The number of amides is 2. The highest BCUT2D eigenvalue weighted by Gasteiger charge is 2.59. The van der Waals surface area contributed by atoms with E-state index < -0.39 is 0 Å². The molecule has 3 aliphatic rings. The van der Waals surface area contributed by atoms with Gasteiger partial charge in [-0.05, 0) is 30.4 Å². The monoisotopic (exact) mass is 243 g/mol. The summed E-state index contributed by atoms with van der Waals surface area (Å²) >= 11 is 0. The molecule has 1 aromatic heterocycles. The van der Waals surface area contributed by atoms with Crippen molar-refractivity contribution < 1.29 is 14.0 Å². The van der Waals surface area contributed by atoms with E-state index in [4.69, 9.17) is 4.42 Å². The second kappa shape index (κ2) is 3.34. The maximum absolute atomic E-state index is 12.3. The Kier molecular flexibility index (Phi) is 1.88. The molecule has 2 fully saturated rings. The van der Waals surface area contributed by atoms with Crippen LogP contribution in [0.1, 0.15) is 12.2 Å². The first kappa shape index (κ1) is 10.1. The van der Waals surface area contributed by atoms with Crippen molar-refractivity contribution in [3.05, 3.63) is 36.3 Å². The Morgan fingerprint density at radius 2 is 1.83 bits per heavy atom. The highest BCUT2D eigenvalue weighted by molar-refractivity contribution is 6.06.